The highest BCUT2D eigenvalue weighted by Crippen LogP contribution is 2.31. The summed E-state index contributed by atoms with van der Waals surface area (Å²) >= 11 is 0. The molecule has 3 atom stereocenters. The fourth-order valence-corrected chi connectivity index (χ4v) is 3.86. The van der Waals surface area contributed by atoms with Crippen molar-refractivity contribution >= 4 is 11.0 Å². The Morgan fingerprint density at radius 1 is 1.33 bits per heavy atom. The van der Waals surface area contributed by atoms with Crippen molar-refractivity contribution in [2.75, 3.05) is 6.54 Å². The minimum Gasteiger partial charge on any atom is -0.329 e. The van der Waals surface area contributed by atoms with Crippen molar-refractivity contribution in [3.05, 3.63) is 30.6 Å². The normalized spacial score (nSPS) is 24.3. The van der Waals surface area contributed by atoms with Crippen LogP contribution in [0.15, 0.2) is 30.6 Å². The first-order valence-electron chi connectivity index (χ1n) is 8.41. The van der Waals surface area contributed by atoms with Crippen LogP contribution in [0.3, 0.4) is 0 Å². The van der Waals surface area contributed by atoms with E-state index in [1.807, 2.05) is 6.33 Å². The Kier molecular flexibility index (Phi) is 4.59. The molecule has 0 spiro atoms. The molecule has 3 unspecified atom stereocenters. The number of likely N-dealkylation sites (N-methyl/N-ethyl adjacent to an activating group) is 1. The lowest BCUT2D eigenvalue weighted by atomic mass is 9.78. The SMILES string of the molecule is CCNC(Cn1cnc2ccccc21)C1CCCC(C)C1. The lowest BCUT2D eigenvalue weighted by Crippen LogP contribution is -2.41. The zero-order chi connectivity index (χ0) is 14.7. The van der Waals surface area contributed by atoms with E-state index >= 15 is 0 Å². The van der Waals surface area contributed by atoms with Crippen LogP contribution < -0.4 is 5.32 Å². The molecule has 1 aliphatic rings. The Bertz CT molecular complexity index is 575. The smallest absolute Gasteiger partial charge is 0.0958 e. The Morgan fingerprint density at radius 3 is 3.00 bits per heavy atom. The molecule has 114 valence electrons. The second-order valence-electron chi connectivity index (χ2n) is 6.58. The molecule has 0 aliphatic heterocycles. The van der Waals surface area contributed by atoms with E-state index in [2.05, 4.69) is 53.0 Å². The minimum absolute atomic E-state index is 0.565. The second-order valence-corrected chi connectivity index (χ2v) is 6.58. The van der Waals surface area contributed by atoms with Crippen molar-refractivity contribution < 1.29 is 0 Å². The van der Waals surface area contributed by atoms with Gasteiger partial charge in [-0.25, -0.2) is 4.98 Å². The standard InChI is InChI=1S/C18H27N3/c1-3-19-17(15-8-6-7-14(2)11-15)12-21-13-20-16-9-4-5-10-18(16)21/h4-5,9-10,13-15,17,19H,3,6-8,11-12H2,1-2H3. The summed E-state index contributed by atoms with van der Waals surface area (Å²) in [6.07, 6.45) is 7.53. The van der Waals surface area contributed by atoms with E-state index in [9.17, 15) is 0 Å². The second kappa shape index (κ2) is 6.61. The van der Waals surface area contributed by atoms with Crippen LogP contribution in [-0.4, -0.2) is 22.1 Å². The third kappa shape index (κ3) is 3.29. The van der Waals surface area contributed by atoms with E-state index < -0.39 is 0 Å². The first-order chi connectivity index (χ1) is 10.3. The first kappa shape index (κ1) is 14.6. The molecular formula is C18H27N3. The van der Waals surface area contributed by atoms with Gasteiger partial charge < -0.3 is 9.88 Å². The zero-order valence-corrected chi connectivity index (χ0v) is 13.3. The van der Waals surface area contributed by atoms with E-state index in [-0.39, 0.29) is 0 Å². The number of benzene rings is 1. The van der Waals surface area contributed by atoms with Crippen molar-refractivity contribution in [3.63, 3.8) is 0 Å². The van der Waals surface area contributed by atoms with Crippen molar-refractivity contribution in [2.45, 2.75) is 52.1 Å². The molecule has 1 saturated carbocycles. The summed E-state index contributed by atoms with van der Waals surface area (Å²) in [5, 5.41) is 3.73. The summed E-state index contributed by atoms with van der Waals surface area (Å²) in [5.41, 5.74) is 2.36. The summed E-state index contributed by atoms with van der Waals surface area (Å²) in [7, 11) is 0. The van der Waals surface area contributed by atoms with Gasteiger partial charge in [-0.15, -0.1) is 0 Å². The number of fused-ring (bicyclic) bond motifs is 1. The van der Waals surface area contributed by atoms with Crippen LogP contribution in [0, 0.1) is 11.8 Å². The summed E-state index contributed by atoms with van der Waals surface area (Å²) in [5.74, 6) is 1.68. The van der Waals surface area contributed by atoms with Crippen molar-refractivity contribution in [2.24, 2.45) is 11.8 Å². The maximum atomic E-state index is 4.53. The van der Waals surface area contributed by atoms with Gasteiger partial charge in [0.2, 0.25) is 0 Å². The van der Waals surface area contributed by atoms with Gasteiger partial charge in [0.1, 0.15) is 0 Å². The molecule has 1 heterocycles. The zero-order valence-electron chi connectivity index (χ0n) is 13.3. The molecule has 3 rings (SSSR count). The van der Waals surface area contributed by atoms with Gasteiger partial charge >= 0.3 is 0 Å². The number of aromatic nitrogens is 2. The predicted molar refractivity (Wildman–Crippen MR) is 88.3 cm³/mol. The van der Waals surface area contributed by atoms with Crippen LogP contribution in [0.25, 0.3) is 11.0 Å². The molecule has 0 radical (unpaired) electrons. The molecule has 0 saturated heterocycles. The van der Waals surface area contributed by atoms with Gasteiger partial charge in [0.05, 0.1) is 17.4 Å². The largest absolute Gasteiger partial charge is 0.329 e. The molecule has 1 aromatic carbocycles. The summed E-state index contributed by atoms with van der Waals surface area (Å²) in [6.45, 7) is 6.70. The van der Waals surface area contributed by atoms with Crippen LogP contribution in [0.4, 0.5) is 0 Å². The molecule has 1 N–H and O–H groups in total. The lowest BCUT2D eigenvalue weighted by Gasteiger charge is -2.34. The van der Waals surface area contributed by atoms with Crippen LogP contribution in [0.5, 0.6) is 0 Å². The van der Waals surface area contributed by atoms with Gasteiger partial charge in [-0.05, 0) is 43.4 Å². The highest BCUT2D eigenvalue weighted by molar-refractivity contribution is 5.74. The topological polar surface area (TPSA) is 29.9 Å². The molecule has 0 bridgehead atoms. The fraction of sp³-hybridized carbons (Fsp3) is 0.611. The fourth-order valence-electron chi connectivity index (χ4n) is 3.86. The van der Waals surface area contributed by atoms with Gasteiger partial charge in [0.15, 0.2) is 0 Å². The molecule has 21 heavy (non-hydrogen) atoms. The number of nitrogens with one attached hydrogen (secondary N) is 1. The van der Waals surface area contributed by atoms with E-state index in [0.717, 1.165) is 30.4 Å². The van der Waals surface area contributed by atoms with E-state index in [1.54, 1.807) is 0 Å². The molecule has 3 heteroatoms. The van der Waals surface area contributed by atoms with Crippen LogP contribution in [-0.2, 0) is 6.54 Å². The van der Waals surface area contributed by atoms with Crippen LogP contribution in [0.1, 0.15) is 39.5 Å². The summed E-state index contributed by atoms with van der Waals surface area (Å²) in [4.78, 5) is 4.53. The average molecular weight is 285 g/mol. The Hall–Kier alpha value is -1.35. The predicted octanol–water partition coefficient (Wildman–Crippen LogP) is 3.84. The van der Waals surface area contributed by atoms with Gasteiger partial charge in [0, 0.05) is 12.6 Å². The number of para-hydroxylation sites is 2. The maximum Gasteiger partial charge on any atom is 0.0958 e. The number of hydrogen-bond donors (Lipinski definition) is 1. The average Bonchev–Trinajstić information content (AvgIpc) is 2.90. The molecular weight excluding hydrogens is 258 g/mol. The third-order valence-corrected chi connectivity index (χ3v) is 4.93. The molecule has 0 amide bonds. The molecule has 3 nitrogen and oxygen atoms in total. The van der Waals surface area contributed by atoms with E-state index in [4.69, 9.17) is 0 Å². The van der Waals surface area contributed by atoms with E-state index in [1.165, 1.54) is 31.2 Å². The van der Waals surface area contributed by atoms with Gasteiger partial charge in [-0.1, -0.05) is 38.8 Å². The highest BCUT2D eigenvalue weighted by atomic mass is 15.1. The molecule has 2 aromatic rings. The van der Waals surface area contributed by atoms with Crippen molar-refractivity contribution in [1.29, 1.82) is 0 Å². The Labute approximate surface area is 127 Å². The maximum absolute atomic E-state index is 4.53. The Morgan fingerprint density at radius 2 is 2.19 bits per heavy atom. The van der Waals surface area contributed by atoms with Gasteiger partial charge in [-0.2, -0.15) is 0 Å². The summed E-state index contributed by atoms with van der Waals surface area (Å²) in [6, 6.07) is 9.00. The number of imidazole rings is 1. The van der Waals surface area contributed by atoms with Crippen LogP contribution in [0.2, 0.25) is 0 Å². The minimum atomic E-state index is 0.565. The molecule has 1 aromatic heterocycles. The lowest BCUT2D eigenvalue weighted by molar-refractivity contribution is 0.210. The quantitative estimate of drug-likeness (QED) is 0.904. The van der Waals surface area contributed by atoms with Crippen molar-refractivity contribution in [1.82, 2.24) is 14.9 Å². The number of nitrogens with zero attached hydrogens (tertiary/aromatic N) is 2. The number of rotatable bonds is 5. The molecule has 1 aliphatic carbocycles. The van der Waals surface area contributed by atoms with Gasteiger partial charge in [-0.3, -0.25) is 0 Å². The van der Waals surface area contributed by atoms with Crippen molar-refractivity contribution in [3.8, 4) is 0 Å². The monoisotopic (exact) mass is 285 g/mol. The Balaban J connectivity index is 1.78. The summed E-state index contributed by atoms with van der Waals surface area (Å²) < 4.78 is 2.32. The third-order valence-electron chi connectivity index (χ3n) is 4.93. The number of hydrogen-bond acceptors (Lipinski definition) is 2. The molecule has 1 fully saturated rings. The van der Waals surface area contributed by atoms with E-state index in [0.29, 0.717) is 6.04 Å². The highest BCUT2D eigenvalue weighted by Gasteiger charge is 2.26. The first-order valence-corrected chi connectivity index (χ1v) is 8.41. The van der Waals surface area contributed by atoms with Gasteiger partial charge in [0.25, 0.3) is 0 Å². The van der Waals surface area contributed by atoms with Crippen LogP contribution >= 0.6 is 0 Å².